The summed E-state index contributed by atoms with van der Waals surface area (Å²) in [7, 11) is 0. The number of unbranched alkanes of at least 4 members (excludes halogenated alkanes) is 4. The van der Waals surface area contributed by atoms with Gasteiger partial charge in [-0.15, -0.1) is 0 Å². The van der Waals surface area contributed by atoms with Crippen LogP contribution < -0.4 is 0 Å². The average molecular weight is 537 g/mol. The molecule has 0 amide bonds. The third-order valence-corrected chi connectivity index (χ3v) is 8.66. The van der Waals surface area contributed by atoms with Crippen molar-refractivity contribution < 1.29 is 9.59 Å². The molecule has 0 aliphatic carbocycles. The summed E-state index contributed by atoms with van der Waals surface area (Å²) < 4.78 is 0. The number of hydrogen-bond donors (Lipinski definition) is 0. The van der Waals surface area contributed by atoms with Gasteiger partial charge in [-0.1, -0.05) is 89.4 Å². The second kappa shape index (κ2) is 16.2. The van der Waals surface area contributed by atoms with Crippen molar-refractivity contribution in [3.8, 4) is 0 Å². The smallest absolute Gasteiger partial charge is 0.177 e. The van der Waals surface area contributed by atoms with Crippen molar-refractivity contribution in [3.63, 3.8) is 0 Å². The zero-order chi connectivity index (χ0) is 27.3. The van der Waals surface area contributed by atoms with Gasteiger partial charge in [-0.2, -0.15) is 0 Å². The molecule has 38 heavy (non-hydrogen) atoms. The van der Waals surface area contributed by atoms with E-state index < -0.39 is 0 Å². The van der Waals surface area contributed by atoms with Crippen molar-refractivity contribution in [1.82, 2.24) is 9.80 Å². The summed E-state index contributed by atoms with van der Waals surface area (Å²) in [6, 6.07) is 12.3. The monoisotopic (exact) mass is 536 g/mol. The topological polar surface area (TPSA) is 40.6 Å². The first kappa shape index (κ1) is 30.6. The molecule has 4 nitrogen and oxygen atoms in total. The fraction of sp³-hybridized carbons (Fsp3) is 0.576. The van der Waals surface area contributed by atoms with Gasteiger partial charge >= 0.3 is 0 Å². The van der Waals surface area contributed by atoms with Gasteiger partial charge in [0.2, 0.25) is 0 Å². The number of benzene rings is 2. The third-order valence-electron chi connectivity index (χ3n) is 7.46. The minimum absolute atomic E-state index is 0.203. The van der Waals surface area contributed by atoms with Crippen molar-refractivity contribution in [2.45, 2.75) is 95.3 Å². The van der Waals surface area contributed by atoms with E-state index in [-0.39, 0.29) is 11.6 Å². The van der Waals surface area contributed by atoms with Crippen LogP contribution in [-0.2, 0) is 6.42 Å². The number of Topliss-reactive ketones (excluding diaryl/α,β-unsaturated/α-hetero) is 2. The first-order chi connectivity index (χ1) is 18.5. The Balaban J connectivity index is 1.73. The zero-order valence-corrected chi connectivity index (χ0v) is 25.0. The van der Waals surface area contributed by atoms with Crippen LogP contribution in [0.2, 0.25) is 0 Å². The van der Waals surface area contributed by atoms with Crippen molar-refractivity contribution >= 4 is 23.3 Å². The van der Waals surface area contributed by atoms with E-state index in [1.807, 2.05) is 18.2 Å². The Morgan fingerprint density at radius 1 is 0.711 bits per heavy atom. The molecule has 2 aromatic carbocycles. The number of nitrogens with zero attached hydrogens (tertiary/aromatic N) is 2. The highest BCUT2D eigenvalue weighted by molar-refractivity contribution is 7.99. The maximum absolute atomic E-state index is 13.5. The summed E-state index contributed by atoms with van der Waals surface area (Å²) in [6.07, 6.45) is 9.84. The lowest BCUT2D eigenvalue weighted by atomic mass is 9.95. The van der Waals surface area contributed by atoms with Crippen LogP contribution in [0.15, 0.2) is 46.2 Å². The fourth-order valence-electron chi connectivity index (χ4n) is 5.03. The molecule has 0 saturated heterocycles. The molecule has 0 spiro atoms. The van der Waals surface area contributed by atoms with Gasteiger partial charge in [0.1, 0.15) is 0 Å². The molecule has 208 valence electrons. The van der Waals surface area contributed by atoms with Gasteiger partial charge in [-0.25, -0.2) is 0 Å². The molecule has 0 atom stereocenters. The van der Waals surface area contributed by atoms with Gasteiger partial charge in [0.25, 0.3) is 0 Å². The Kier molecular flexibility index (Phi) is 13.1. The molecule has 0 bridgehead atoms. The molecular formula is C33H48N2O2S. The lowest BCUT2D eigenvalue weighted by molar-refractivity contribution is 0.0920. The van der Waals surface area contributed by atoms with E-state index in [0.717, 1.165) is 110 Å². The maximum atomic E-state index is 13.5. The number of carbonyl (C=O) groups excluding carboxylic acids is 2. The van der Waals surface area contributed by atoms with Crippen molar-refractivity contribution in [1.29, 1.82) is 0 Å². The van der Waals surface area contributed by atoms with E-state index >= 15 is 0 Å². The fourth-order valence-corrected chi connectivity index (χ4v) is 6.18. The van der Waals surface area contributed by atoms with E-state index in [1.54, 1.807) is 11.8 Å². The molecule has 1 heterocycles. The van der Waals surface area contributed by atoms with Gasteiger partial charge in [-0.05, 0) is 75.1 Å². The minimum atomic E-state index is 0.203. The first-order valence-electron chi connectivity index (χ1n) is 14.9. The molecule has 0 N–H and O–H groups in total. The molecule has 0 radical (unpaired) electrons. The normalized spacial score (nSPS) is 12.6. The van der Waals surface area contributed by atoms with Crippen LogP contribution in [-0.4, -0.2) is 60.6 Å². The highest BCUT2D eigenvalue weighted by Gasteiger charge is 2.24. The van der Waals surface area contributed by atoms with E-state index in [0.29, 0.717) is 13.1 Å². The van der Waals surface area contributed by atoms with Gasteiger partial charge < -0.3 is 0 Å². The van der Waals surface area contributed by atoms with Crippen LogP contribution in [0.3, 0.4) is 0 Å². The predicted octanol–water partition coefficient (Wildman–Crippen LogP) is 7.91. The van der Waals surface area contributed by atoms with Crippen molar-refractivity contribution in [3.05, 3.63) is 58.7 Å². The number of carbonyl (C=O) groups is 2. The molecular weight excluding hydrogens is 488 g/mol. The second-order valence-corrected chi connectivity index (χ2v) is 11.8. The minimum Gasteiger partial charge on any atom is -0.296 e. The van der Waals surface area contributed by atoms with Crippen LogP contribution in [0.4, 0.5) is 0 Å². The average Bonchev–Trinajstić information content (AvgIpc) is 2.93. The zero-order valence-electron chi connectivity index (χ0n) is 24.2. The van der Waals surface area contributed by atoms with Gasteiger partial charge in [0, 0.05) is 27.3 Å². The van der Waals surface area contributed by atoms with E-state index in [9.17, 15) is 9.59 Å². The first-order valence-corrected chi connectivity index (χ1v) is 15.8. The molecule has 1 aliphatic heterocycles. The van der Waals surface area contributed by atoms with Gasteiger partial charge in [0.05, 0.1) is 13.1 Å². The summed E-state index contributed by atoms with van der Waals surface area (Å²) in [5, 5.41) is 0. The Morgan fingerprint density at radius 2 is 1.26 bits per heavy atom. The van der Waals surface area contributed by atoms with Crippen LogP contribution in [0.25, 0.3) is 0 Å². The van der Waals surface area contributed by atoms with Crippen LogP contribution in [0.5, 0.6) is 0 Å². The summed E-state index contributed by atoms with van der Waals surface area (Å²) in [6.45, 7) is 13.7. The molecule has 0 unspecified atom stereocenters. The molecule has 3 rings (SSSR count). The van der Waals surface area contributed by atoms with Gasteiger partial charge in [-0.3, -0.25) is 19.4 Å². The third kappa shape index (κ3) is 8.79. The van der Waals surface area contributed by atoms with Crippen LogP contribution >= 0.6 is 11.8 Å². The lowest BCUT2D eigenvalue weighted by Gasteiger charge is -2.25. The number of rotatable bonds is 18. The van der Waals surface area contributed by atoms with E-state index in [1.165, 1.54) is 5.56 Å². The van der Waals surface area contributed by atoms with Crippen molar-refractivity contribution in [2.75, 3.05) is 39.3 Å². The van der Waals surface area contributed by atoms with Crippen LogP contribution in [0, 0.1) is 0 Å². The number of hydrogen-bond acceptors (Lipinski definition) is 5. The molecule has 0 saturated carbocycles. The van der Waals surface area contributed by atoms with Crippen LogP contribution in [0.1, 0.15) is 111 Å². The highest BCUT2D eigenvalue weighted by atomic mass is 32.2. The molecule has 0 aromatic heterocycles. The summed E-state index contributed by atoms with van der Waals surface area (Å²) in [5.41, 5.74) is 4.01. The molecule has 0 fully saturated rings. The molecule has 1 aliphatic rings. The van der Waals surface area contributed by atoms with Gasteiger partial charge in [0.15, 0.2) is 11.6 Å². The molecule has 5 heteroatoms. The highest BCUT2D eigenvalue weighted by Crippen LogP contribution is 2.41. The quantitative estimate of drug-likeness (QED) is 0.155. The summed E-state index contributed by atoms with van der Waals surface area (Å²) >= 11 is 1.71. The van der Waals surface area contributed by atoms with E-state index in [4.69, 9.17) is 0 Å². The Labute approximate surface area is 235 Å². The maximum Gasteiger partial charge on any atom is 0.177 e. The summed E-state index contributed by atoms with van der Waals surface area (Å²) in [4.78, 5) is 33.6. The number of fused-ring (bicyclic) bond motifs is 2. The molecule has 2 aromatic rings. The largest absolute Gasteiger partial charge is 0.296 e. The van der Waals surface area contributed by atoms with Crippen molar-refractivity contribution in [2.24, 2.45) is 0 Å². The SMILES string of the molecule is CCCCN(CCCC)CC(=O)c1ccc2c(c1)Sc1cccc(C(=O)CN(CCCC)CCCC)c1C2. The Hall–Kier alpha value is -1.95. The lowest BCUT2D eigenvalue weighted by Crippen LogP contribution is -2.32. The van der Waals surface area contributed by atoms with E-state index in [2.05, 4.69) is 55.7 Å². The Morgan fingerprint density at radius 3 is 1.82 bits per heavy atom. The standard InChI is InChI=1S/C33H48N2O2S/c1-5-9-18-34(19-10-6-2)24-30(36)26-16-17-27-22-29-28(14-13-15-32(29)38-33(27)23-26)31(37)25-35(20-11-7-3)21-12-8-4/h13-17,23H,5-12,18-22,24-25H2,1-4H3. The number of ketones is 2. The summed E-state index contributed by atoms with van der Waals surface area (Å²) in [5.74, 6) is 0.429. The Bertz CT molecular complexity index is 1040. The second-order valence-electron chi connectivity index (χ2n) is 10.7. The predicted molar refractivity (Wildman–Crippen MR) is 161 cm³/mol.